The Kier molecular flexibility index (Phi) is 5.45. The van der Waals surface area contributed by atoms with Crippen molar-refractivity contribution in [3.05, 3.63) is 23.7 Å². The number of nitrogens with one attached hydrogen (secondary N) is 1. The summed E-state index contributed by atoms with van der Waals surface area (Å²) in [6.07, 6.45) is 3.86. The Labute approximate surface area is 127 Å². The monoisotopic (exact) mass is 292 g/mol. The Balaban J connectivity index is 1.90. The molecule has 4 heteroatoms. The Morgan fingerprint density at radius 3 is 2.86 bits per heavy atom. The minimum Gasteiger partial charge on any atom is -0.468 e. The van der Waals surface area contributed by atoms with Gasteiger partial charge in [-0.05, 0) is 30.9 Å². The number of aryl methyl sites for hydroxylation is 1. The number of carbonyl (C=O) groups is 1. The summed E-state index contributed by atoms with van der Waals surface area (Å²) in [5.74, 6) is 1.92. The summed E-state index contributed by atoms with van der Waals surface area (Å²) in [7, 11) is 0. The summed E-state index contributed by atoms with van der Waals surface area (Å²) in [5.41, 5.74) is 1.20. The fraction of sp³-hybridized carbons (Fsp3) is 0.706. The molecule has 118 valence electrons. The molecule has 4 nitrogen and oxygen atoms in total. The molecule has 1 saturated heterocycles. The fourth-order valence-corrected chi connectivity index (χ4v) is 3.09. The summed E-state index contributed by atoms with van der Waals surface area (Å²) in [6.45, 7) is 10.8. The van der Waals surface area contributed by atoms with Crippen LogP contribution in [0.4, 0.5) is 0 Å². The Morgan fingerprint density at radius 1 is 1.52 bits per heavy atom. The van der Waals surface area contributed by atoms with Crippen LogP contribution in [0.25, 0.3) is 0 Å². The van der Waals surface area contributed by atoms with Crippen molar-refractivity contribution in [2.45, 2.75) is 53.1 Å². The molecule has 1 N–H and O–H groups in total. The van der Waals surface area contributed by atoms with Crippen LogP contribution in [0.3, 0.4) is 0 Å². The van der Waals surface area contributed by atoms with Crippen LogP contribution in [0.1, 0.15) is 44.9 Å². The van der Waals surface area contributed by atoms with Gasteiger partial charge in [0.1, 0.15) is 5.76 Å². The highest BCUT2D eigenvalue weighted by Crippen LogP contribution is 2.22. The van der Waals surface area contributed by atoms with Crippen LogP contribution in [0.5, 0.6) is 0 Å². The lowest BCUT2D eigenvalue weighted by Gasteiger charge is -2.39. The summed E-state index contributed by atoms with van der Waals surface area (Å²) >= 11 is 0. The van der Waals surface area contributed by atoms with Gasteiger partial charge in [-0.1, -0.05) is 27.2 Å². The van der Waals surface area contributed by atoms with Crippen LogP contribution in [0, 0.1) is 18.8 Å². The second kappa shape index (κ2) is 7.12. The van der Waals surface area contributed by atoms with E-state index in [2.05, 4.69) is 19.2 Å². The number of piperidine rings is 1. The molecule has 0 radical (unpaired) electrons. The molecule has 0 aromatic carbocycles. The minimum absolute atomic E-state index is 0.0952. The molecule has 0 unspecified atom stereocenters. The average Bonchev–Trinajstić information content (AvgIpc) is 2.89. The number of amides is 1. The minimum atomic E-state index is 0.0952. The van der Waals surface area contributed by atoms with Gasteiger partial charge in [0.25, 0.3) is 0 Å². The molecule has 1 amide bonds. The third-order valence-corrected chi connectivity index (χ3v) is 4.56. The van der Waals surface area contributed by atoms with Gasteiger partial charge < -0.3 is 14.6 Å². The highest BCUT2D eigenvalue weighted by atomic mass is 16.3. The SMILES string of the molecule is CC[C@H]1CN(C(=O)C(C)C)CC[C@H]1NCc1occc1C. The first-order chi connectivity index (χ1) is 10.0. The molecular weight excluding hydrogens is 264 g/mol. The normalized spacial score (nSPS) is 22.8. The van der Waals surface area contributed by atoms with Crippen molar-refractivity contribution < 1.29 is 9.21 Å². The van der Waals surface area contributed by atoms with Gasteiger partial charge in [-0.2, -0.15) is 0 Å². The number of nitrogens with zero attached hydrogens (tertiary/aromatic N) is 1. The van der Waals surface area contributed by atoms with E-state index in [1.54, 1.807) is 6.26 Å². The quantitative estimate of drug-likeness (QED) is 0.907. The van der Waals surface area contributed by atoms with Crippen LogP contribution < -0.4 is 5.32 Å². The van der Waals surface area contributed by atoms with E-state index >= 15 is 0 Å². The van der Waals surface area contributed by atoms with E-state index in [-0.39, 0.29) is 11.8 Å². The number of hydrogen-bond donors (Lipinski definition) is 1. The molecule has 2 heterocycles. The van der Waals surface area contributed by atoms with Gasteiger partial charge in [0.2, 0.25) is 5.91 Å². The Bertz CT molecular complexity index is 467. The van der Waals surface area contributed by atoms with E-state index in [1.807, 2.05) is 24.8 Å². The lowest BCUT2D eigenvalue weighted by atomic mass is 9.89. The summed E-state index contributed by atoms with van der Waals surface area (Å²) in [6, 6.07) is 2.47. The van der Waals surface area contributed by atoms with Crippen molar-refractivity contribution >= 4 is 5.91 Å². The van der Waals surface area contributed by atoms with Crippen LogP contribution in [-0.2, 0) is 11.3 Å². The van der Waals surface area contributed by atoms with Gasteiger partial charge in [-0.15, -0.1) is 0 Å². The Hall–Kier alpha value is -1.29. The molecule has 1 fully saturated rings. The van der Waals surface area contributed by atoms with Gasteiger partial charge >= 0.3 is 0 Å². The van der Waals surface area contributed by atoms with Crippen molar-refractivity contribution in [2.75, 3.05) is 13.1 Å². The maximum atomic E-state index is 12.1. The smallest absolute Gasteiger partial charge is 0.225 e. The zero-order valence-corrected chi connectivity index (χ0v) is 13.7. The van der Waals surface area contributed by atoms with E-state index in [0.717, 1.165) is 38.2 Å². The molecule has 2 rings (SSSR count). The molecular formula is C17H28N2O2. The molecule has 0 bridgehead atoms. The molecule has 21 heavy (non-hydrogen) atoms. The number of likely N-dealkylation sites (tertiary alicyclic amines) is 1. The first kappa shape index (κ1) is 16.1. The largest absolute Gasteiger partial charge is 0.468 e. The molecule has 0 aliphatic carbocycles. The number of furan rings is 1. The summed E-state index contributed by atoms with van der Waals surface area (Å²) in [4.78, 5) is 14.2. The molecule has 1 aromatic heterocycles. The van der Waals surface area contributed by atoms with Crippen molar-refractivity contribution in [2.24, 2.45) is 11.8 Å². The summed E-state index contributed by atoms with van der Waals surface area (Å²) < 4.78 is 5.49. The molecule has 1 aliphatic rings. The summed E-state index contributed by atoms with van der Waals surface area (Å²) in [5, 5.41) is 3.62. The third kappa shape index (κ3) is 3.88. The first-order valence-corrected chi connectivity index (χ1v) is 8.08. The standard InChI is InChI=1S/C17H28N2O2/c1-5-14-11-19(17(20)12(2)3)8-6-15(14)18-10-16-13(4)7-9-21-16/h7,9,12,14-15,18H,5-6,8,10-11H2,1-4H3/t14-,15+/m0/s1. The topological polar surface area (TPSA) is 45.5 Å². The highest BCUT2D eigenvalue weighted by Gasteiger charge is 2.30. The van der Waals surface area contributed by atoms with E-state index in [1.165, 1.54) is 5.56 Å². The van der Waals surface area contributed by atoms with E-state index in [0.29, 0.717) is 12.0 Å². The van der Waals surface area contributed by atoms with Crippen LogP contribution in [-0.4, -0.2) is 29.9 Å². The second-order valence-electron chi connectivity index (χ2n) is 6.41. The molecule has 2 atom stereocenters. The third-order valence-electron chi connectivity index (χ3n) is 4.56. The zero-order valence-electron chi connectivity index (χ0n) is 13.7. The molecule has 1 aliphatic heterocycles. The maximum absolute atomic E-state index is 12.1. The van der Waals surface area contributed by atoms with Gasteiger partial charge in [0.05, 0.1) is 12.8 Å². The molecule has 1 aromatic rings. The second-order valence-corrected chi connectivity index (χ2v) is 6.41. The molecule has 0 saturated carbocycles. The fourth-order valence-electron chi connectivity index (χ4n) is 3.09. The number of rotatable bonds is 5. The highest BCUT2D eigenvalue weighted by molar-refractivity contribution is 5.78. The maximum Gasteiger partial charge on any atom is 0.225 e. The number of carbonyl (C=O) groups excluding carboxylic acids is 1. The van der Waals surface area contributed by atoms with Gasteiger partial charge in [-0.25, -0.2) is 0 Å². The van der Waals surface area contributed by atoms with E-state index < -0.39 is 0 Å². The zero-order chi connectivity index (χ0) is 15.4. The Morgan fingerprint density at radius 2 is 2.29 bits per heavy atom. The van der Waals surface area contributed by atoms with Crippen molar-refractivity contribution in [1.29, 1.82) is 0 Å². The van der Waals surface area contributed by atoms with Gasteiger partial charge in [-0.3, -0.25) is 4.79 Å². The molecule has 0 spiro atoms. The first-order valence-electron chi connectivity index (χ1n) is 8.08. The van der Waals surface area contributed by atoms with Crippen LogP contribution in [0.15, 0.2) is 16.7 Å². The van der Waals surface area contributed by atoms with Gasteiger partial charge in [0, 0.05) is 25.0 Å². The predicted octanol–water partition coefficient (Wildman–Crippen LogP) is 2.96. The van der Waals surface area contributed by atoms with E-state index in [9.17, 15) is 4.79 Å². The predicted molar refractivity (Wildman–Crippen MR) is 83.9 cm³/mol. The lowest BCUT2D eigenvalue weighted by molar-refractivity contribution is -0.136. The van der Waals surface area contributed by atoms with Crippen molar-refractivity contribution in [3.63, 3.8) is 0 Å². The van der Waals surface area contributed by atoms with Crippen LogP contribution in [0.2, 0.25) is 0 Å². The van der Waals surface area contributed by atoms with Gasteiger partial charge in [0.15, 0.2) is 0 Å². The average molecular weight is 292 g/mol. The van der Waals surface area contributed by atoms with E-state index in [4.69, 9.17) is 4.42 Å². The van der Waals surface area contributed by atoms with Crippen molar-refractivity contribution in [3.8, 4) is 0 Å². The van der Waals surface area contributed by atoms with Crippen LogP contribution >= 0.6 is 0 Å². The number of hydrogen-bond acceptors (Lipinski definition) is 3. The van der Waals surface area contributed by atoms with Crippen molar-refractivity contribution in [1.82, 2.24) is 10.2 Å². The lowest BCUT2D eigenvalue weighted by Crippen LogP contribution is -2.51.